The van der Waals surface area contributed by atoms with Gasteiger partial charge in [0.15, 0.2) is 0 Å². The second kappa shape index (κ2) is 10.6. The average molecular weight is 493 g/mol. The molecule has 0 radical (unpaired) electrons. The van der Waals surface area contributed by atoms with Crippen molar-refractivity contribution in [3.8, 4) is 5.88 Å². The van der Waals surface area contributed by atoms with E-state index in [0.29, 0.717) is 45.3 Å². The van der Waals surface area contributed by atoms with Crippen LogP contribution in [0.2, 0.25) is 0 Å². The molecule has 2 fully saturated rings. The monoisotopic (exact) mass is 492 g/mol. The van der Waals surface area contributed by atoms with Gasteiger partial charge in [0, 0.05) is 25.7 Å². The van der Waals surface area contributed by atoms with Crippen molar-refractivity contribution in [1.29, 1.82) is 5.41 Å². The van der Waals surface area contributed by atoms with Crippen LogP contribution < -0.4 is 22.3 Å². The summed E-state index contributed by atoms with van der Waals surface area (Å²) in [5.74, 6) is -1.53. The first kappa shape index (κ1) is 26.5. The second-order valence-electron chi connectivity index (χ2n) is 9.71. The predicted octanol–water partition coefficient (Wildman–Crippen LogP) is 0.878. The number of carbonyl (C=O) groups excluding carboxylic acids is 2. The number of aromatic hydroxyl groups is 1. The van der Waals surface area contributed by atoms with Gasteiger partial charge in [-0.05, 0) is 44.4 Å². The molecule has 1 unspecified atom stereocenters. The highest BCUT2D eigenvalue weighted by molar-refractivity contribution is 6.04. The van der Waals surface area contributed by atoms with Crippen LogP contribution >= 0.6 is 0 Å². The van der Waals surface area contributed by atoms with Crippen molar-refractivity contribution in [3.63, 3.8) is 0 Å². The molecule has 1 aromatic heterocycles. The molecule has 2 heterocycles. The lowest BCUT2D eigenvalue weighted by Gasteiger charge is -2.40. The molecule has 1 saturated heterocycles. The zero-order valence-corrected chi connectivity index (χ0v) is 20.6. The van der Waals surface area contributed by atoms with Gasteiger partial charge in [0.25, 0.3) is 11.5 Å². The molecule has 3 amide bonds. The third-order valence-electron chi connectivity index (χ3n) is 7.08. The number of urea groups is 1. The Morgan fingerprint density at radius 3 is 2.46 bits per heavy atom. The van der Waals surface area contributed by atoms with Crippen LogP contribution in [0.1, 0.15) is 70.9 Å². The quantitative estimate of drug-likeness (QED) is 0.213. The summed E-state index contributed by atoms with van der Waals surface area (Å²) in [4.78, 5) is 52.4. The van der Waals surface area contributed by atoms with E-state index in [0.717, 1.165) is 15.6 Å². The molecule has 1 atom stereocenters. The minimum absolute atomic E-state index is 0.126. The fraction of sp³-hybridized carbons (Fsp3) is 0.696. The van der Waals surface area contributed by atoms with Crippen molar-refractivity contribution in [3.05, 3.63) is 26.4 Å². The van der Waals surface area contributed by atoms with Crippen molar-refractivity contribution < 1.29 is 19.4 Å². The summed E-state index contributed by atoms with van der Waals surface area (Å²) in [6, 6.07) is -1.55. The lowest BCUT2D eigenvalue weighted by molar-refractivity contribution is -0.123. The first-order valence-electron chi connectivity index (χ1n) is 12.2. The molecule has 12 heteroatoms. The number of amides is 3. The fourth-order valence-electron chi connectivity index (χ4n) is 4.98. The molecule has 35 heavy (non-hydrogen) atoms. The minimum Gasteiger partial charge on any atom is -0.494 e. The first-order valence-corrected chi connectivity index (χ1v) is 12.2. The molecular weight excluding hydrogens is 456 g/mol. The summed E-state index contributed by atoms with van der Waals surface area (Å²) in [7, 11) is 0. The van der Waals surface area contributed by atoms with Gasteiger partial charge < -0.3 is 20.5 Å². The summed E-state index contributed by atoms with van der Waals surface area (Å²) in [6.45, 7) is 6.91. The number of nitrogens with zero attached hydrogens (tertiary/aromatic N) is 3. The highest BCUT2D eigenvalue weighted by atomic mass is 16.5. The molecule has 5 N–H and O–H groups in total. The van der Waals surface area contributed by atoms with Crippen LogP contribution in [-0.2, 0) is 16.1 Å². The number of hydrogen-bond donors (Lipinski definition) is 4. The number of amidine groups is 1. The number of nitrogens with two attached hydrogens (primary N) is 1. The summed E-state index contributed by atoms with van der Waals surface area (Å²) in [5.41, 5.74) is 3.52. The van der Waals surface area contributed by atoms with E-state index >= 15 is 0 Å². The Labute approximate surface area is 203 Å². The van der Waals surface area contributed by atoms with Gasteiger partial charge in [-0.1, -0.05) is 20.3 Å². The van der Waals surface area contributed by atoms with Gasteiger partial charge in [0.2, 0.25) is 5.88 Å². The standard InChI is InChI=1S/C23H36N6O6/c1-4-6-11-27-19(31)16(17(24)25)20(32)29(22(27)34)14-7-9-23(3,10-8-14)13-28-15(12-35-5-2)18(30)26-21(28)33/h14-15,31H,4-13H2,1-3H3,(H3,24,25)(H,26,30,33). The van der Waals surface area contributed by atoms with Gasteiger partial charge in [-0.15, -0.1) is 0 Å². The Morgan fingerprint density at radius 1 is 1.23 bits per heavy atom. The van der Waals surface area contributed by atoms with E-state index in [9.17, 15) is 24.3 Å². The zero-order valence-electron chi connectivity index (χ0n) is 20.6. The molecule has 194 valence electrons. The van der Waals surface area contributed by atoms with E-state index in [-0.39, 0.29) is 30.0 Å². The van der Waals surface area contributed by atoms with Crippen LogP contribution in [-0.4, -0.2) is 62.7 Å². The Morgan fingerprint density at radius 2 is 1.89 bits per heavy atom. The van der Waals surface area contributed by atoms with E-state index in [2.05, 4.69) is 5.32 Å². The highest BCUT2D eigenvalue weighted by Gasteiger charge is 2.43. The van der Waals surface area contributed by atoms with Crippen LogP contribution in [0.15, 0.2) is 9.59 Å². The summed E-state index contributed by atoms with van der Waals surface area (Å²) in [6.07, 6.45) is 3.58. The number of imide groups is 1. The first-order chi connectivity index (χ1) is 16.5. The smallest absolute Gasteiger partial charge is 0.334 e. The lowest BCUT2D eigenvalue weighted by atomic mass is 9.73. The Bertz CT molecular complexity index is 1100. The Hall–Kier alpha value is -3.15. The van der Waals surface area contributed by atoms with Gasteiger partial charge >= 0.3 is 11.7 Å². The molecule has 0 bridgehead atoms. The van der Waals surface area contributed by atoms with Crippen LogP contribution in [0.4, 0.5) is 4.79 Å². The zero-order chi connectivity index (χ0) is 25.9. The number of rotatable bonds is 10. The largest absolute Gasteiger partial charge is 0.494 e. The molecule has 2 aliphatic rings. The summed E-state index contributed by atoms with van der Waals surface area (Å²) >= 11 is 0. The van der Waals surface area contributed by atoms with Gasteiger partial charge in [-0.3, -0.25) is 29.4 Å². The third-order valence-corrected chi connectivity index (χ3v) is 7.08. The molecule has 1 aromatic rings. The van der Waals surface area contributed by atoms with Crippen molar-refractivity contribution in [2.45, 2.75) is 77.9 Å². The summed E-state index contributed by atoms with van der Waals surface area (Å²) < 4.78 is 7.63. The topological polar surface area (TPSA) is 173 Å². The summed E-state index contributed by atoms with van der Waals surface area (Å²) in [5, 5.41) is 20.6. The molecule has 0 aromatic carbocycles. The van der Waals surface area contributed by atoms with Gasteiger partial charge in [0.05, 0.1) is 6.61 Å². The molecule has 12 nitrogen and oxygen atoms in total. The number of carbonyl (C=O) groups is 2. The molecule has 1 aliphatic carbocycles. The van der Waals surface area contributed by atoms with E-state index < -0.39 is 41.1 Å². The lowest BCUT2D eigenvalue weighted by Crippen LogP contribution is -2.48. The van der Waals surface area contributed by atoms with Gasteiger partial charge in [0.1, 0.15) is 17.4 Å². The third kappa shape index (κ3) is 5.26. The molecular formula is C23H36N6O6. The van der Waals surface area contributed by atoms with Crippen LogP contribution in [0, 0.1) is 10.8 Å². The number of aromatic nitrogens is 2. The van der Waals surface area contributed by atoms with Gasteiger partial charge in [-0.2, -0.15) is 0 Å². The van der Waals surface area contributed by atoms with Crippen molar-refractivity contribution in [2.24, 2.45) is 11.1 Å². The number of unbranched alkanes of at least 4 members (excludes halogenated alkanes) is 1. The number of nitrogen functional groups attached to an aromatic ring is 1. The van der Waals surface area contributed by atoms with Crippen LogP contribution in [0.3, 0.4) is 0 Å². The average Bonchev–Trinajstić information content (AvgIpc) is 3.05. The second-order valence-corrected chi connectivity index (χ2v) is 9.71. The van der Waals surface area contributed by atoms with Crippen LogP contribution in [0.5, 0.6) is 5.88 Å². The Kier molecular flexibility index (Phi) is 8.04. The maximum Gasteiger partial charge on any atom is 0.334 e. The maximum absolute atomic E-state index is 13.2. The van der Waals surface area contributed by atoms with E-state index in [1.165, 1.54) is 4.90 Å². The highest BCUT2D eigenvalue weighted by Crippen LogP contribution is 2.41. The SMILES string of the molecule is CCCCn1c(O)c(C(=N)N)c(=O)n(C2CCC(C)(CN3C(=O)NC(=O)C3COCC)CC2)c1=O. The molecule has 1 aliphatic heterocycles. The molecule has 1 saturated carbocycles. The molecule has 0 spiro atoms. The van der Waals surface area contributed by atoms with Crippen molar-refractivity contribution >= 4 is 17.8 Å². The Balaban J connectivity index is 1.84. The minimum atomic E-state index is -0.761. The van der Waals surface area contributed by atoms with Crippen molar-refractivity contribution in [1.82, 2.24) is 19.4 Å². The number of nitrogens with one attached hydrogen (secondary N) is 2. The molecule has 3 rings (SSSR count). The number of hydrogen-bond acceptors (Lipinski definition) is 7. The maximum atomic E-state index is 13.2. The normalized spacial score (nSPS) is 24.6. The van der Waals surface area contributed by atoms with E-state index in [1.807, 2.05) is 20.8 Å². The number of ether oxygens (including phenoxy) is 1. The van der Waals surface area contributed by atoms with Crippen LogP contribution in [0.25, 0.3) is 0 Å². The van der Waals surface area contributed by atoms with E-state index in [4.69, 9.17) is 15.9 Å². The van der Waals surface area contributed by atoms with Gasteiger partial charge in [-0.25, -0.2) is 9.59 Å². The predicted molar refractivity (Wildman–Crippen MR) is 129 cm³/mol. The fourth-order valence-corrected chi connectivity index (χ4v) is 4.98. The van der Waals surface area contributed by atoms with Crippen molar-refractivity contribution in [2.75, 3.05) is 19.8 Å². The van der Waals surface area contributed by atoms with E-state index in [1.54, 1.807) is 0 Å².